The number of fused-ring (bicyclic) bond motifs is 2. The summed E-state index contributed by atoms with van der Waals surface area (Å²) in [5.74, 6) is 1.49. The molecule has 1 saturated heterocycles. The van der Waals surface area contributed by atoms with E-state index in [1.54, 1.807) is 0 Å². The zero-order chi connectivity index (χ0) is 14.8. The van der Waals surface area contributed by atoms with E-state index in [2.05, 4.69) is 4.90 Å². The van der Waals surface area contributed by atoms with E-state index in [0.717, 1.165) is 18.0 Å². The van der Waals surface area contributed by atoms with Crippen molar-refractivity contribution in [3.63, 3.8) is 0 Å². The Morgan fingerprint density at radius 1 is 1.43 bits per heavy atom. The van der Waals surface area contributed by atoms with Crippen LogP contribution in [0.3, 0.4) is 0 Å². The van der Waals surface area contributed by atoms with E-state index in [1.165, 1.54) is 19.3 Å². The molecule has 0 spiro atoms. The van der Waals surface area contributed by atoms with Gasteiger partial charge in [-0.2, -0.15) is 0 Å². The molecule has 2 fully saturated rings. The zero-order valence-corrected chi connectivity index (χ0v) is 12.9. The summed E-state index contributed by atoms with van der Waals surface area (Å²) in [5.41, 5.74) is 6.40. The summed E-state index contributed by atoms with van der Waals surface area (Å²) in [4.78, 5) is 2.72. The maximum atomic E-state index is 10.2. The third-order valence-corrected chi connectivity index (χ3v) is 4.77. The average Bonchev–Trinajstić information content (AvgIpc) is 3.08. The number of piperidine rings is 1. The van der Waals surface area contributed by atoms with Gasteiger partial charge in [-0.3, -0.25) is 4.90 Å². The number of aliphatic hydroxyl groups is 1. The minimum absolute atomic E-state index is 0.271. The number of para-hydroxylation sites is 1. The highest BCUT2D eigenvalue weighted by Gasteiger charge is 2.38. The van der Waals surface area contributed by atoms with Crippen LogP contribution in [0.1, 0.15) is 24.8 Å². The molecule has 0 amide bonds. The summed E-state index contributed by atoms with van der Waals surface area (Å²) in [7, 11) is 0. The van der Waals surface area contributed by atoms with Crippen LogP contribution in [0.25, 0.3) is 0 Å². The number of thiocarbonyl (C=S) groups is 1. The lowest BCUT2D eigenvalue weighted by Gasteiger charge is -2.28. The minimum atomic E-state index is -0.483. The van der Waals surface area contributed by atoms with Crippen molar-refractivity contribution in [1.29, 1.82) is 0 Å². The van der Waals surface area contributed by atoms with Crippen molar-refractivity contribution in [2.75, 3.05) is 19.7 Å². The Kier molecular flexibility index (Phi) is 4.42. The zero-order valence-electron chi connectivity index (χ0n) is 12.1. The van der Waals surface area contributed by atoms with Crippen molar-refractivity contribution in [2.24, 2.45) is 11.7 Å². The molecule has 21 heavy (non-hydrogen) atoms. The van der Waals surface area contributed by atoms with E-state index in [0.29, 0.717) is 23.3 Å². The first-order valence-electron chi connectivity index (χ1n) is 7.57. The minimum Gasteiger partial charge on any atom is -0.490 e. The normalized spacial score (nSPS) is 26.0. The Morgan fingerprint density at radius 2 is 2.24 bits per heavy atom. The number of ether oxygens (including phenoxy) is 1. The number of likely N-dealkylation sites (tertiary alicyclic amines) is 1. The van der Waals surface area contributed by atoms with Gasteiger partial charge in [0.25, 0.3) is 0 Å². The van der Waals surface area contributed by atoms with E-state index < -0.39 is 6.10 Å². The SMILES string of the molecule is NC(=S)c1ccccc1OCC(O)CN1CC2CCC1C2. The number of β-amino-alcohol motifs (C(OH)–C–C–N with tert-alkyl or cyclic N) is 1. The summed E-state index contributed by atoms with van der Waals surface area (Å²) in [6.45, 7) is 2.09. The van der Waals surface area contributed by atoms with E-state index in [1.807, 2.05) is 24.3 Å². The molecule has 1 aliphatic carbocycles. The fourth-order valence-electron chi connectivity index (χ4n) is 3.56. The molecule has 114 valence electrons. The average molecular weight is 306 g/mol. The van der Waals surface area contributed by atoms with Crippen LogP contribution in [-0.4, -0.2) is 46.8 Å². The molecular weight excluding hydrogens is 284 g/mol. The molecule has 2 aliphatic rings. The van der Waals surface area contributed by atoms with E-state index in [4.69, 9.17) is 22.7 Å². The smallest absolute Gasteiger partial charge is 0.129 e. The van der Waals surface area contributed by atoms with Crippen molar-refractivity contribution >= 4 is 17.2 Å². The lowest BCUT2D eigenvalue weighted by atomic mass is 10.1. The molecule has 0 aromatic heterocycles. The van der Waals surface area contributed by atoms with Gasteiger partial charge in [-0.25, -0.2) is 0 Å². The molecule has 3 N–H and O–H groups in total. The summed E-state index contributed by atoms with van der Waals surface area (Å²) < 4.78 is 5.71. The van der Waals surface area contributed by atoms with E-state index in [9.17, 15) is 5.11 Å². The van der Waals surface area contributed by atoms with Crippen LogP contribution in [-0.2, 0) is 0 Å². The van der Waals surface area contributed by atoms with Crippen molar-refractivity contribution < 1.29 is 9.84 Å². The maximum absolute atomic E-state index is 10.2. The largest absolute Gasteiger partial charge is 0.490 e. The monoisotopic (exact) mass is 306 g/mol. The molecule has 4 nitrogen and oxygen atoms in total. The Morgan fingerprint density at radius 3 is 2.90 bits per heavy atom. The Hall–Kier alpha value is -1.17. The molecule has 2 bridgehead atoms. The van der Waals surface area contributed by atoms with Gasteiger partial charge in [0.05, 0.1) is 5.56 Å². The first kappa shape index (κ1) is 14.8. The Labute approximate surface area is 130 Å². The van der Waals surface area contributed by atoms with Crippen LogP contribution in [0.5, 0.6) is 5.75 Å². The molecule has 5 heteroatoms. The number of nitrogens with zero attached hydrogens (tertiary/aromatic N) is 1. The highest BCUT2D eigenvalue weighted by Crippen LogP contribution is 2.37. The van der Waals surface area contributed by atoms with Gasteiger partial charge in [-0.15, -0.1) is 0 Å². The summed E-state index contributed by atoms with van der Waals surface area (Å²) in [5, 5.41) is 10.2. The molecule has 1 aromatic carbocycles. The van der Waals surface area contributed by atoms with E-state index >= 15 is 0 Å². The lowest BCUT2D eigenvalue weighted by molar-refractivity contribution is 0.0573. The molecule has 1 saturated carbocycles. The number of hydrogen-bond acceptors (Lipinski definition) is 4. The molecule has 0 radical (unpaired) electrons. The molecule has 1 aliphatic heterocycles. The van der Waals surface area contributed by atoms with Gasteiger partial charge < -0.3 is 15.6 Å². The van der Waals surface area contributed by atoms with Crippen LogP contribution in [0.15, 0.2) is 24.3 Å². The van der Waals surface area contributed by atoms with Crippen LogP contribution in [0.4, 0.5) is 0 Å². The number of nitrogens with two attached hydrogens (primary N) is 1. The first-order chi connectivity index (χ1) is 10.1. The molecule has 3 rings (SSSR count). The Balaban J connectivity index is 1.52. The molecule has 1 aromatic rings. The lowest BCUT2D eigenvalue weighted by Crippen LogP contribution is -2.40. The number of aliphatic hydroxyl groups excluding tert-OH is 1. The summed E-state index contributed by atoms with van der Waals surface area (Å²) in [6.07, 6.45) is 3.46. The highest BCUT2D eigenvalue weighted by molar-refractivity contribution is 7.80. The second-order valence-electron chi connectivity index (χ2n) is 6.11. The Bertz CT molecular complexity index is 523. The van der Waals surface area contributed by atoms with Gasteiger partial charge in [0.15, 0.2) is 0 Å². The topological polar surface area (TPSA) is 58.7 Å². The quantitative estimate of drug-likeness (QED) is 0.781. The molecule has 1 heterocycles. The van der Waals surface area contributed by atoms with Gasteiger partial charge in [0.1, 0.15) is 23.4 Å². The first-order valence-corrected chi connectivity index (χ1v) is 7.98. The van der Waals surface area contributed by atoms with Gasteiger partial charge in [-0.1, -0.05) is 24.4 Å². The van der Waals surface area contributed by atoms with Crippen molar-refractivity contribution in [2.45, 2.75) is 31.4 Å². The second kappa shape index (κ2) is 6.30. The fourth-order valence-corrected chi connectivity index (χ4v) is 3.72. The van der Waals surface area contributed by atoms with E-state index in [-0.39, 0.29) is 6.61 Å². The van der Waals surface area contributed by atoms with Crippen LogP contribution >= 0.6 is 12.2 Å². The predicted molar refractivity (Wildman–Crippen MR) is 86.5 cm³/mol. The van der Waals surface area contributed by atoms with Crippen LogP contribution in [0.2, 0.25) is 0 Å². The summed E-state index contributed by atoms with van der Waals surface area (Å²) in [6, 6.07) is 8.10. The molecule has 3 unspecified atom stereocenters. The van der Waals surface area contributed by atoms with Gasteiger partial charge in [-0.05, 0) is 37.3 Å². The predicted octanol–water partition coefficient (Wildman–Crippen LogP) is 1.54. The summed E-state index contributed by atoms with van der Waals surface area (Å²) >= 11 is 5.01. The van der Waals surface area contributed by atoms with Crippen molar-refractivity contribution in [3.8, 4) is 5.75 Å². The van der Waals surface area contributed by atoms with Gasteiger partial charge >= 0.3 is 0 Å². The number of hydrogen-bond donors (Lipinski definition) is 2. The van der Waals surface area contributed by atoms with Crippen LogP contribution in [0, 0.1) is 5.92 Å². The van der Waals surface area contributed by atoms with Crippen LogP contribution < -0.4 is 10.5 Å². The molecule has 3 atom stereocenters. The maximum Gasteiger partial charge on any atom is 0.129 e. The van der Waals surface area contributed by atoms with Crippen molar-refractivity contribution in [1.82, 2.24) is 4.90 Å². The molecular formula is C16H22N2O2S. The standard InChI is InChI=1S/C16H22N2O2S/c17-16(21)14-3-1-2-4-15(14)20-10-13(19)9-18-8-11-5-6-12(18)7-11/h1-4,11-13,19H,5-10H2,(H2,17,21). The van der Waals surface area contributed by atoms with Crippen molar-refractivity contribution in [3.05, 3.63) is 29.8 Å². The highest BCUT2D eigenvalue weighted by atomic mass is 32.1. The van der Waals surface area contributed by atoms with Gasteiger partial charge in [0, 0.05) is 19.1 Å². The number of rotatable bonds is 6. The number of benzene rings is 1. The van der Waals surface area contributed by atoms with Gasteiger partial charge in [0.2, 0.25) is 0 Å². The third-order valence-electron chi connectivity index (χ3n) is 4.55. The third kappa shape index (κ3) is 3.36. The second-order valence-corrected chi connectivity index (χ2v) is 6.55. The fraction of sp³-hybridized carbons (Fsp3) is 0.562.